The molecular weight excluding hydrogens is 301 g/mol. The van der Waals surface area contributed by atoms with Gasteiger partial charge in [-0.25, -0.2) is 9.37 Å². The van der Waals surface area contributed by atoms with Crippen molar-refractivity contribution in [3.8, 4) is 0 Å². The molecule has 0 spiro atoms. The Kier molecular flexibility index (Phi) is 4.05. The number of hydrogen-bond acceptors (Lipinski definition) is 6. The first-order valence-corrected chi connectivity index (χ1v) is 7.26. The van der Waals surface area contributed by atoms with E-state index >= 15 is 0 Å². The van der Waals surface area contributed by atoms with E-state index in [-0.39, 0.29) is 16.4 Å². The molecule has 1 aliphatic rings. The van der Waals surface area contributed by atoms with Gasteiger partial charge in [0, 0.05) is 44.0 Å². The third kappa shape index (κ3) is 3.05. The lowest BCUT2D eigenvalue weighted by Gasteiger charge is -2.36. The van der Waals surface area contributed by atoms with Crippen molar-refractivity contribution in [3.05, 3.63) is 52.2 Å². The highest BCUT2D eigenvalue weighted by Gasteiger charge is 2.26. The SMILES string of the molecule is Cc1ccnc(N2CCN(c3cncc(F)c3)CC2)c1[N+](=O)[O-]. The van der Waals surface area contributed by atoms with Gasteiger partial charge in [-0.05, 0) is 13.0 Å². The number of halogens is 1. The molecule has 120 valence electrons. The van der Waals surface area contributed by atoms with E-state index in [4.69, 9.17) is 0 Å². The number of piperazine rings is 1. The van der Waals surface area contributed by atoms with Crippen molar-refractivity contribution >= 4 is 17.2 Å². The predicted octanol–water partition coefficient (Wildman–Crippen LogP) is 2.16. The molecular formula is C15H16FN5O2. The molecule has 0 atom stereocenters. The maximum atomic E-state index is 13.3. The Balaban J connectivity index is 1.77. The fourth-order valence-electron chi connectivity index (χ4n) is 2.74. The van der Waals surface area contributed by atoms with Crippen LogP contribution in [0.5, 0.6) is 0 Å². The maximum absolute atomic E-state index is 13.3. The first-order chi connectivity index (χ1) is 11.1. The van der Waals surface area contributed by atoms with Gasteiger partial charge < -0.3 is 9.80 Å². The van der Waals surface area contributed by atoms with Crippen molar-refractivity contribution in [1.29, 1.82) is 0 Å². The first-order valence-electron chi connectivity index (χ1n) is 7.26. The van der Waals surface area contributed by atoms with Crippen LogP contribution in [0.1, 0.15) is 5.56 Å². The average Bonchev–Trinajstić information content (AvgIpc) is 2.54. The summed E-state index contributed by atoms with van der Waals surface area (Å²) in [6.45, 7) is 4.11. The zero-order valence-electron chi connectivity index (χ0n) is 12.6. The molecule has 0 bridgehead atoms. The van der Waals surface area contributed by atoms with Crippen molar-refractivity contribution in [1.82, 2.24) is 9.97 Å². The van der Waals surface area contributed by atoms with Crippen LogP contribution in [0.3, 0.4) is 0 Å². The quantitative estimate of drug-likeness (QED) is 0.638. The number of nitro groups is 1. The minimum Gasteiger partial charge on any atom is -0.367 e. The van der Waals surface area contributed by atoms with Crippen LogP contribution >= 0.6 is 0 Å². The molecule has 2 aromatic heterocycles. The monoisotopic (exact) mass is 317 g/mol. The Bertz CT molecular complexity index is 732. The van der Waals surface area contributed by atoms with E-state index in [2.05, 4.69) is 9.97 Å². The molecule has 0 radical (unpaired) electrons. The van der Waals surface area contributed by atoms with Crippen molar-refractivity contribution in [2.75, 3.05) is 36.0 Å². The zero-order valence-corrected chi connectivity index (χ0v) is 12.6. The highest BCUT2D eigenvalue weighted by atomic mass is 19.1. The van der Waals surface area contributed by atoms with Crippen molar-refractivity contribution in [3.63, 3.8) is 0 Å². The second kappa shape index (κ2) is 6.15. The Labute approximate surface area is 132 Å². The molecule has 0 aromatic carbocycles. The lowest BCUT2D eigenvalue weighted by molar-refractivity contribution is -0.384. The van der Waals surface area contributed by atoms with Crippen molar-refractivity contribution in [2.45, 2.75) is 6.92 Å². The summed E-state index contributed by atoms with van der Waals surface area (Å²) in [6, 6.07) is 3.08. The van der Waals surface area contributed by atoms with Gasteiger partial charge in [-0.15, -0.1) is 0 Å². The standard InChI is InChI=1S/C15H16FN5O2/c1-11-2-3-18-15(14(11)21(22)23)20-6-4-19(5-7-20)13-8-12(16)9-17-10-13/h2-3,8-10H,4-7H2,1H3. The zero-order chi connectivity index (χ0) is 16.4. The molecule has 2 aromatic rings. The van der Waals surface area contributed by atoms with Crippen LogP contribution < -0.4 is 9.80 Å². The predicted molar refractivity (Wildman–Crippen MR) is 84.2 cm³/mol. The largest absolute Gasteiger partial charge is 0.367 e. The van der Waals surface area contributed by atoms with Crippen molar-refractivity contribution < 1.29 is 9.31 Å². The molecule has 0 unspecified atom stereocenters. The maximum Gasteiger partial charge on any atom is 0.314 e. The molecule has 1 aliphatic heterocycles. The van der Waals surface area contributed by atoms with E-state index in [9.17, 15) is 14.5 Å². The van der Waals surface area contributed by atoms with Gasteiger partial charge in [0.15, 0.2) is 0 Å². The third-order valence-corrected chi connectivity index (χ3v) is 3.92. The van der Waals surface area contributed by atoms with Gasteiger partial charge in [0.25, 0.3) is 0 Å². The van der Waals surface area contributed by atoms with Crippen LogP contribution in [0.25, 0.3) is 0 Å². The van der Waals surface area contributed by atoms with E-state index in [1.165, 1.54) is 12.3 Å². The second-order valence-corrected chi connectivity index (χ2v) is 5.39. The highest BCUT2D eigenvalue weighted by Crippen LogP contribution is 2.30. The molecule has 23 heavy (non-hydrogen) atoms. The van der Waals surface area contributed by atoms with Crippen LogP contribution in [0, 0.1) is 22.9 Å². The van der Waals surface area contributed by atoms with Gasteiger partial charge in [-0.1, -0.05) is 0 Å². The third-order valence-electron chi connectivity index (χ3n) is 3.92. The summed E-state index contributed by atoms with van der Waals surface area (Å²) in [6.07, 6.45) is 4.37. The molecule has 7 nitrogen and oxygen atoms in total. The van der Waals surface area contributed by atoms with Crippen LogP contribution in [0.15, 0.2) is 30.7 Å². The summed E-state index contributed by atoms with van der Waals surface area (Å²) >= 11 is 0. The van der Waals surface area contributed by atoms with Crippen LogP contribution in [0.2, 0.25) is 0 Å². The molecule has 1 saturated heterocycles. The van der Waals surface area contributed by atoms with Gasteiger partial charge in [0.2, 0.25) is 5.82 Å². The van der Waals surface area contributed by atoms with E-state index in [0.29, 0.717) is 37.6 Å². The van der Waals surface area contributed by atoms with Crippen LogP contribution in [0.4, 0.5) is 21.6 Å². The van der Waals surface area contributed by atoms with Gasteiger partial charge in [-0.2, -0.15) is 0 Å². The van der Waals surface area contributed by atoms with Gasteiger partial charge >= 0.3 is 5.69 Å². The van der Waals surface area contributed by atoms with Gasteiger partial charge in [0.1, 0.15) is 5.82 Å². The highest BCUT2D eigenvalue weighted by molar-refractivity contribution is 5.62. The fraction of sp³-hybridized carbons (Fsp3) is 0.333. The lowest BCUT2D eigenvalue weighted by Crippen LogP contribution is -2.47. The van der Waals surface area contributed by atoms with Gasteiger partial charge in [-0.3, -0.25) is 15.1 Å². The number of anilines is 2. The van der Waals surface area contributed by atoms with Crippen LogP contribution in [-0.2, 0) is 0 Å². The van der Waals surface area contributed by atoms with Crippen LogP contribution in [-0.4, -0.2) is 41.1 Å². The summed E-state index contributed by atoms with van der Waals surface area (Å²) < 4.78 is 13.3. The first kappa shape index (κ1) is 15.1. The number of pyridine rings is 2. The number of aryl methyl sites for hydroxylation is 1. The molecule has 0 amide bonds. The van der Waals surface area contributed by atoms with E-state index in [0.717, 1.165) is 5.69 Å². The molecule has 8 heteroatoms. The fourth-order valence-corrected chi connectivity index (χ4v) is 2.74. The Hall–Kier alpha value is -2.77. The molecule has 0 aliphatic carbocycles. The normalized spacial score (nSPS) is 14.9. The Morgan fingerprint density at radius 2 is 1.91 bits per heavy atom. The van der Waals surface area contributed by atoms with E-state index in [1.807, 2.05) is 9.80 Å². The lowest BCUT2D eigenvalue weighted by atomic mass is 10.2. The number of aromatic nitrogens is 2. The summed E-state index contributed by atoms with van der Waals surface area (Å²) in [5.41, 5.74) is 1.36. The minimum absolute atomic E-state index is 0.0494. The minimum atomic E-state index is -0.388. The summed E-state index contributed by atoms with van der Waals surface area (Å²) in [5.74, 6) is 0.0212. The number of hydrogen-bond donors (Lipinski definition) is 0. The summed E-state index contributed by atoms with van der Waals surface area (Å²) in [5, 5.41) is 11.3. The van der Waals surface area contributed by atoms with E-state index < -0.39 is 0 Å². The Morgan fingerprint density at radius 1 is 1.22 bits per heavy atom. The molecule has 3 rings (SSSR count). The summed E-state index contributed by atoms with van der Waals surface area (Å²) in [7, 11) is 0. The van der Waals surface area contributed by atoms with E-state index in [1.54, 1.807) is 25.4 Å². The smallest absolute Gasteiger partial charge is 0.314 e. The number of rotatable bonds is 3. The van der Waals surface area contributed by atoms with Gasteiger partial charge in [0.05, 0.1) is 23.0 Å². The van der Waals surface area contributed by atoms with Crippen molar-refractivity contribution in [2.24, 2.45) is 0 Å². The number of nitrogens with zero attached hydrogens (tertiary/aromatic N) is 5. The molecule has 0 N–H and O–H groups in total. The molecule has 3 heterocycles. The Morgan fingerprint density at radius 3 is 2.57 bits per heavy atom. The average molecular weight is 317 g/mol. The molecule has 0 saturated carbocycles. The topological polar surface area (TPSA) is 75.4 Å². The molecule has 1 fully saturated rings. The second-order valence-electron chi connectivity index (χ2n) is 5.39. The summed E-state index contributed by atoms with van der Waals surface area (Å²) in [4.78, 5) is 22.8.